The van der Waals surface area contributed by atoms with Crippen LogP contribution in [0.25, 0.3) is 0 Å². The van der Waals surface area contributed by atoms with Gasteiger partial charge in [0.2, 0.25) is 10.0 Å². The van der Waals surface area contributed by atoms with Crippen LogP contribution in [0.4, 0.5) is 11.4 Å². The Kier molecular flexibility index (Phi) is 5.16. The minimum atomic E-state index is -3.77. The highest BCUT2D eigenvalue weighted by atomic mass is 32.2. The molecule has 0 aliphatic carbocycles. The monoisotopic (exact) mass is 287 g/mol. The summed E-state index contributed by atoms with van der Waals surface area (Å²) in [6.45, 7) is 3.11. The summed E-state index contributed by atoms with van der Waals surface area (Å²) in [5.74, 6) is 0. The molecule has 0 fully saturated rings. The summed E-state index contributed by atoms with van der Waals surface area (Å²) < 4.78 is 28.0. The van der Waals surface area contributed by atoms with E-state index in [0.717, 1.165) is 18.7 Å². The summed E-state index contributed by atoms with van der Waals surface area (Å²) in [4.78, 5) is 2.01. The van der Waals surface area contributed by atoms with Crippen molar-refractivity contribution >= 4 is 21.4 Å². The maximum absolute atomic E-state index is 11.5. The molecular weight excluding hydrogens is 266 g/mol. The molecular formula is C12H21N3O3S. The number of benzene rings is 1. The van der Waals surface area contributed by atoms with Crippen LogP contribution in [-0.4, -0.2) is 35.7 Å². The van der Waals surface area contributed by atoms with E-state index in [1.54, 1.807) is 20.1 Å². The van der Waals surface area contributed by atoms with Gasteiger partial charge in [-0.1, -0.05) is 0 Å². The molecule has 7 heteroatoms. The third kappa shape index (κ3) is 4.09. The van der Waals surface area contributed by atoms with Crippen LogP contribution in [0.1, 0.15) is 12.0 Å². The van der Waals surface area contributed by atoms with Crippen molar-refractivity contribution in [2.24, 2.45) is 5.14 Å². The molecule has 0 bridgehead atoms. The van der Waals surface area contributed by atoms with Crippen LogP contribution in [0.3, 0.4) is 0 Å². The molecule has 0 aliphatic rings. The first-order chi connectivity index (χ1) is 8.77. The smallest absolute Gasteiger partial charge is 0.238 e. The van der Waals surface area contributed by atoms with Gasteiger partial charge in [-0.15, -0.1) is 0 Å². The largest absolute Gasteiger partial charge is 0.399 e. The molecule has 0 radical (unpaired) electrons. The van der Waals surface area contributed by atoms with Gasteiger partial charge in [-0.3, -0.25) is 0 Å². The molecule has 19 heavy (non-hydrogen) atoms. The van der Waals surface area contributed by atoms with Crippen molar-refractivity contribution in [2.75, 3.05) is 37.9 Å². The zero-order valence-corrected chi connectivity index (χ0v) is 12.3. The van der Waals surface area contributed by atoms with E-state index in [2.05, 4.69) is 0 Å². The van der Waals surface area contributed by atoms with Crippen molar-refractivity contribution < 1.29 is 13.2 Å². The highest BCUT2D eigenvalue weighted by Crippen LogP contribution is 2.28. The minimum absolute atomic E-state index is 0.0705. The maximum Gasteiger partial charge on any atom is 0.238 e. The van der Waals surface area contributed by atoms with Gasteiger partial charge in [0.05, 0.1) is 4.90 Å². The quantitative estimate of drug-likeness (QED) is 0.592. The third-order valence-corrected chi connectivity index (χ3v) is 3.95. The lowest BCUT2D eigenvalue weighted by atomic mass is 10.1. The van der Waals surface area contributed by atoms with Crippen LogP contribution in [0.15, 0.2) is 17.0 Å². The number of hydrogen-bond donors (Lipinski definition) is 2. The van der Waals surface area contributed by atoms with Gasteiger partial charge in [-0.25, -0.2) is 13.6 Å². The third-order valence-electron chi connectivity index (χ3n) is 2.91. The summed E-state index contributed by atoms with van der Waals surface area (Å²) in [6.07, 6.45) is 0.839. The lowest BCUT2D eigenvalue weighted by molar-refractivity contribution is 0.196. The average Bonchev–Trinajstić information content (AvgIpc) is 2.30. The summed E-state index contributed by atoms with van der Waals surface area (Å²) >= 11 is 0. The number of primary sulfonamides is 1. The SMILES string of the molecule is COCCCN(C)c1cc(N)cc(S(N)(=O)=O)c1C. The Balaban J connectivity index is 3.11. The van der Waals surface area contributed by atoms with Crippen molar-refractivity contribution in [2.45, 2.75) is 18.2 Å². The molecule has 1 aromatic carbocycles. The van der Waals surface area contributed by atoms with Crippen molar-refractivity contribution in [3.8, 4) is 0 Å². The van der Waals surface area contributed by atoms with Crippen molar-refractivity contribution in [1.82, 2.24) is 0 Å². The molecule has 0 saturated heterocycles. The number of hydrogen-bond acceptors (Lipinski definition) is 5. The number of anilines is 2. The molecule has 0 aromatic heterocycles. The van der Waals surface area contributed by atoms with Crippen molar-refractivity contribution in [3.63, 3.8) is 0 Å². The molecule has 0 spiro atoms. The molecule has 0 amide bonds. The Morgan fingerprint density at radius 1 is 1.37 bits per heavy atom. The molecule has 4 N–H and O–H groups in total. The number of ether oxygens (including phenoxy) is 1. The molecule has 6 nitrogen and oxygen atoms in total. The van der Waals surface area contributed by atoms with E-state index in [1.807, 2.05) is 11.9 Å². The van der Waals surface area contributed by atoms with Crippen LogP contribution < -0.4 is 15.8 Å². The molecule has 0 saturated carbocycles. The van der Waals surface area contributed by atoms with E-state index < -0.39 is 10.0 Å². The summed E-state index contributed by atoms with van der Waals surface area (Å²) in [5, 5.41) is 5.20. The fourth-order valence-corrected chi connectivity index (χ4v) is 2.78. The average molecular weight is 287 g/mol. The fourth-order valence-electron chi connectivity index (χ4n) is 1.95. The first kappa shape index (κ1) is 15.7. The predicted octanol–water partition coefficient (Wildman–Crippen LogP) is 0.697. The first-order valence-electron chi connectivity index (χ1n) is 5.90. The Morgan fingerprint density at radius 3 is 2.53 bits per heavy atom. The molecule has 1 rings (SSSR count). The van der Waals surface area contributed by atoms with Gasteiger partial charge in [-0.05, 0) is 31.0 Å². The molecule has 1 aromatic rings. The van der Waals surface area contributed by atoms with E-state index in [9.17, 15) is 8.42 Å². The number of nitrogens with two attached hydrogens (primary N) is 2. The second kappa shape index (κ2) is 6.23. The minimum Gasteiger partial charge on any atom is -0.399 e. The van der Waals surface area contributed by atoms with E-state index >= 15 is 0 Å². The van der Waals surface area contributed by atoms with Gasteiger partial charge in [0.25, 0.3) is 0 Å². The Morgan fingerprint density at radius 2 is 2.00 bits per heavy atom. The zero-order chi connectivity index (χ0) is 14.6. The molecule has 0 heterocycles. The van der Waals surface area contributed by atoms with E-state index in [0.29, 0.717) is 17.9 Å². The highest BCUT2D eigenvalue weighted by molar-refractivity contribution is 7.89. The van der Waals surface area contributed by atoms with Crippen LogP contribution in [-0.2, 0) is 14.8 Å². The lowest BCUT2D eigenvalue weighted by Gasteiger charge is -2.23. The van der Waals surface area contributed by atoms with Gasteiger partial charge in [0.1, 0.15) is 0 Å². The molecule has 0 unspecified atom stereocenters. The van der Waals surface area contributed by atoms with Crippen LogP contribution in [0.5, 0.6) is 0 Å². The summed E-state index contributed by atoms with van der Waals surface area (Å²) in [7, 11) is -0.246. The molecule has 108 valence electrons. The number of rotatable bonds is 6. The second-order valence-electron chi connectivity index (χ2n) is 4.48. The van der Waals surface area contributed by atoms with Crippen LogP contribution in [0, 0.1) is 6.92 Å². The zero-order valence-electron chi connectivity index (χ0n) is 11.5. The van der Waals surface area contributed by atoms with Gasteiger partial charge in [0.15, 0.2) is 0 Å². The second-order valence-corrected chi connectivity index (χ2v) is 6.01. The van der Waals surface area contributed by atoms with E-state index in [4.69, 9.17) is 15.6 Å². The molecule has 0 atom stereocenters. The highest BCUT2D eigenvalue weighted by Gasteiger charge is 2.17. The van der Waals surface area contributed by atoms with E-state index in [-0.39, 0.29) is 4.90 Å². The van der Waals surface area contributed by atoms with Gasteiger partial charge < -0.3 is 15.4 Å². The number of nitrogens with zero attached hydrogens (tertiary/aromatic N) is 1. The summed E-state index contributed by atoms with van der Waals surface area (Å²) in [6, 6.07) is 3.13. The lowest BCUT2D eigenvalue weighted by Crippen LogP contribution is -2.22. The fraction of sp³-hybridized carbons (Fsp3) is 0.500. The topological polar surface area (TPSA) is 98.7 Å². The predicted molar refractivity (Wildman–Crippen MR) is 76.7 cm³/mol. The van der Waals surface area contributed by atoms with Crippen LogP contribution >= 0.6 is 0 Å². The van der Waals surface area contributed by atoms with Gasteiger partial charge in [0, 0.05) is 38.7 Å². The van der Waals surface area contributed by atoms with Crippen molar-refractivity contribution in [3.05, 3.63) is 17.7 Å². The Labute approximate surface area is 114 Å². The Hall–Kier alpha value is -1.31. The first-order valence-corrected chi connectivity index (χ1v) is 7.45. The maximum atomic E-state index is 11.5. The van der Waals surface area contributed by atoms with Crippen LogP contribution in [0.2, 0.25) is 0 Å². The standard InChI is InChI=1S/C12H21N3O3S/c1-9-11(15(2)5-4-6-18-3)7-10(13)8-12(9)19(14,16)17/h7-8H,4-6,13H2,1-3H3,(H2,14,16,17). The number of sulfonamides is 1. The van der Waals surface area contributed by atoms with E-state index in [1.165, 1.54) is 6.07 Å². The summed E-state index contributed by atoms with van der Waals surface area (Å²) in [5.41, 5.74) is 7.50. The van der Waals surface area contributed by atoms with Crippen molar-refractivity contribution in [1.29, 1.82) is 0 Å². The van der Waals surface area contributed by atoms with Gasteiger partial charge >= 0.3 is 0 Å². The normalized spacial score (nSPS) is 11.6. The Bertz CT molecular complexity index is 543. The van der Waals surface area contributed by atoms with Gasteiger partial charge in [-0.2, -0.15) is 0 Å². The number of nitrogen functional groups attached to an aromatic ring is 1. The molecule has 0 aliphatic heterocycles. The number of methoxy groups -OCH3 is 1.